The van der Waals surface area contributed by atoms with Gasteiger partial charge in [-0.15, -0.1) is 0 Å². The molecule has 0 spiro atoms. The standard InChI is InChI=1S/C22H27F2N3O6/c23-17-2-1-13(33-14-5-8-32-11-14)9-15(17)19(25)18(24)10-16-20(28)26-22(30)27(21(16)29)12-3-6-31-7-4-12/h1-2,9,12,14,16,18-19H,3-8,10-11,25H2,(H,26,28,30)/t14-,16?,18?,19?/m0/s1. The van der Waals surface area contributed by atoms with Crippen molar-refractivity contribution < 1.29 is 37.4 Å². The van der Waals surface area contributed by atoms with Crippen molar-refractivity contribution in [3.05, 3.63) is 29.6 Å². The van der Waals surface area contributed by atoms with Crippen LogP contribution < -0.4 is 15.8 Å². The third-order valence-electron chi connectivity index (χ3n) is 6.22. The van der Waals surface area contributed by atoms with E-state index in [1.165, 1.54) is 12.1 Å². The van der Waals surface area contributed by atoms with E-state index in [4.69, 9.17) is 19.9 Å². The van der Waals surface area contributed by atoms with Gasteiger partial charge in [0, 0.05) is 37.7 Å². The Morgan fingerprint density at radius 3 is 2.58 bits per heavy atom. The van der Waals surface area contributed by atoms with Crippen LogP contribution in [0.15, 0.2) is 18.2 Å². The highest BCUT2D eigenvalue weighted by Crippen LogP contribution is 2.31. The molecule has 3 saturated heterocycles. The fourth-order valence-electron chi connectivity index (χ4n) is 4.35. The van der Waals surface area contributed by atoms with Gasteiger partial charge in [-0.2, -0.15) is 0 Å². The van der Waals surface area contributed by atoms with Crippen LogP contribution in [0, 0.1) is 11.7 Å². The Kier molecular flexibility index (Phi) is 7.20. The molecule has 0 aliphatic carbocycles. The molecule has 1 aromatic carbocycles. The number of carbonyl (C=O) groups is 3. The number of urea groups is 1. The summed E-state index contributed by atoms with van der Waals surface area (Å²) in [6.45, 7) is 1.73. The lowest BCUT2D eigenvalue weighted by Crippen LogP contribution is -2.62. The van der Waals surface area contributed by atoms with E-state index in [9.17, 15) is 18.8 Å². The molecule has 33 heavy (non-hydrogen) atoms. The summed E-state index contributed by atoms with van der Waals surface area (Å²) < 4.78 is 45.9. The van der Waals surface area contributed by atoms with Gasteiger partial charge in [-0.1, -0.05) is 0 Å². The van der Waals surface area contributed by atoms with E-state index in [1.54, 1.807) is 0 Å². The average Bonchev–Trinajstić information content (AvgIpc) is 3.31. The number of alkyl halides is 1. The van der Waals surface area contributed by atoms with Crippen molar-refractivity contribution in [2.75, 3.05) is 26.4 Å². The molecule has 3 heterocycles. The van der Waals surface area contributed by atoms with Crippen LogP contribution >= 0.6 is 0 Å². The summed E-state index contributed by atoms with van der Waals surface area (Å²) >= 11 is 0. The van der Waals surface area contributed by atoms with Crippen molar-refractivity contribution in [2.24, 2.45) is 11.7 Å². The van der Waals surface area contributed by atoms with E-state index >= 15 is 4.39 Å². The number of rotatable bonds is 7. The summed E-state index contributed by atoms with van der Waals surface area (Å²) in [5.41, 5.74) is 5.87. The Bertz CT molecular complexity index is 904. The van der Waals surface area contributed by atoms with Crippen LogP contribution in [-0.2, 0) is 19.1 Å². The van der Waals surface area contributed by atoms with Gasteiger partial charge >= 0.3 is 6.03 Å². The number of benzene rings is 1. The summed E-state index contributed by atoms with van der Waals surface area (Å²) in [4.78, 5) is 38.5. The lowest BCUT2D eigenvalue weighted by molar-refractivity contribution is -0.146. The van der Waals surface area contributed by atoms with Crippen molar-refractivity contribution >= 4 is 17.8 Å². The number of amides is 4. The number of barbiturate groups is 1. The molecule has 0 saturated carbocycles. The number of nitrogens with two attached hydrogens (primary N) is 1. The van der Waals surface area contributed by atoms with Gasteiger partial charge in [0.2, 0.25) is 11.8 Å². The lowest BCUT2D eigenvalue weighted by Gasteiger charge is -2.37. The molecule has 11 heteroatoms. The SMILES string of the molecule is NC(c1cc(O[C@H]2CCOC2)ccc1F)C(F)CC1C(=O)NC(=O)N(C2CCOCC2)C1=O. The maximum Gasteiger partial charge on any atom is 0.331 e. The third kappa shape index (κ3) is 5.15. The van der Waals surface area contributed by atoms with Gasteiger partial charge in [0.15, 0.2) is 0 Å². The molecule has 9 nitrogen and oxygen atoms in total. The van der Waals surface area contributed by atoms with Gasteiger partial charge in [0.1, 0.15) is 29.8 Å². The number of nitrogens with zero attached hydrogens (tertiary/aromatic N) is 1. The average molecular weight is 467 g/mol. The summed E-state index contributed by atoms with van der Waals surface area (Å²) in [5, 5.41) is 2.13. The molecule has 0 aromatic heterocycles. The molecule has 3 unspecified atom stereocenters. The van der Waals surface area contributed by atoms with Crippen molar-refractivity contribution in [3.8, 4) is 5.75 Å². The molecule has 3 N–H and O–H groups in total. The third-order valence-corrected chi connectivity index (χ3v) is 6.22. The Morgan fingerprint density at radius 2 is 1.88 bits per heavy atom. The molecular weight excluding hydrogens is 440 g/mol. The molecule has 4 amide bonds. The minimum Gasteiger partial charge on any atom is -0.488 e. The van der Waals surface area contributed by atoms with Gasteiger partial charge in [-0.05, 0) is 31.0 Å². The van der Waals surface area contributed by atoms with E-state index in [0.717, 1.165) is 11.0 Å². The van der Waals surface area contributed by atoms with Crippen molar-refractivity contribution in [1.29, 1.82) is 0 Å². The Balaban J connectivity index is 1.46. The van der Waals surface area contributed by atoms with Gasteiger partial charge in [-0.25, -0.2) is 13.6 Å². The van der Waals surface area contributed by atoms with E-state index < -0.39 is 54.3 Å². The normalized spacial score (nSPS) is 26.3. The first kappa shape index (κ1) is 23.5. The Labute approximate surface area is 189 Å². The second-order valence-electron chi connectivity index (χ2n) is 8.46. The minimum absolute atomic E-state index is 0.125. The molecule has 180 valence electrons. The zero-order valence-corrected chi connectivity index (χ0v) is 18.0. The number of halogens is 2. The number of hydrogen-bond donors (Lipinski definition) is 2. The fourth-order valence-corrected chi connectivity index (χ4v) is 4.35. The van der Waals surface area contributed by atoms with E-state index in [2.05, 4.69) is 5.32 Å². The van der Waals surface area contributed by atoms with Gasteiger partial charge in [0.25, 0.3) is 0 Å². The molecular formula is C22H27F2N3O6. The van der Waals surface area contributed by atoms with Gasteiger partial charge < -0.3 is 19.9 Å². The first-order chi connectivity index (χ1) is 15.8. The second-order valence-corrected chi connectivity index (χ2v) is 8.46. The van der Waals surface area contributed by atoms with E-state index in [1.807, 2.05) is 0 Å². The topological polar surface area (TPSA) is 120 Å². The van der Waals surface area contributed by atoms with Gasteiger partial charge in [-0.3, -0.25) is 19.8 Å². The number of hydrogen-bond acceptors (Lipinski definition) is 7. The molecule has 0 radical (unpaired) electrons. The summed E-state index contributed by atoms with van der Waals surface area (Å²) in [6, 6.07) is 1.19. The molecule has 0 bridgehead atoms. The summed E-state index contributed by atoms with van der Waals surface area (Å²) in [5.74, 6) is -3.50. The second kappa shape index (κ2) is 10.1. The van der Waals surface area contributed by atoms with E-state index in [-0.39, 0.29) is 11.7 Å². The molecule has 3 fully saturated rings. The van der Waals surface area contributed by atoms with Crippen LogP contribution in [0.4, 0.5) is 13.6 Å². The maximum atomic E-state index is 15.2. The predicted molar refractivity (Wildman–Crippen MR) is 110 cm³/mol. The van der Waals surface area contributed by atoms with Crippen LogP contribution in [0.3, 0.4) is 0 Å². The first-order valence-corrected chi connectivity index (χ1v) is 11.0. The highest BCUT2D eigenvalue weighted by molar-refractivity contribution is 6.16. The van der Waals surface area contributed by atoms with Crippen LogP contribution in [-0.4, -0.2) is 67.5 Å². The molecule has 3 aliphatic rings. The molecule has 4 atom stereocenters. The predicted octanol–water partition coefficient (Wildman–Crippen LogP) is 1.59. The monoisotopic (exact) mass is 467 g/mol. The summed E-state index contributed by atoms with van der Waals surface area (Å²) in [6.07, 6.45) is -1.14. The fraction of sp³-hybridized carbons (Fsp3) is 0.591. The van der Waals surface area contributed by atoms with Crippen LogP contribution in [0.1, 0.15) is 37.3 Å². The van der Waals surface area contributed by atoms with Crippen LogP contribution in [0.2, 0.25) is 0 Å². The largest absolute Gasteiger partial charge is 0.488 e. The van der Waals surface area contributed by atoms with Gasteiger partial charge in [0.05, 0.1) is 19.3 Å². The Hall–Kier alpha value is -2.63. The highest BCUT2D eigenvalue weighted by Gasteiger charge is 2.45. The Morgan fingerprint density at radius 1 is 1.15 bits per heavy atom. The smallest absolute Gasteiger partial charge is 0.331 e. The maximum absolute atomic E-state index is 15.2. The number of carbonyl (C=O) groups excluding carboxylic acids is 3. The number of nitrogens with one attached hydrogen (secondary N) is 1. The van der Waals surface area contributed by atoms with Crippen molar-refractivity contribution in [2.45, 2.75) is 50.0 Å². The van der Waals surface area contributed by atoms with Crippen LogP contribution in [0.5, 0.6) is 5.75 Å². The quantitative estimate of drug-likeness (QED) is 0.585. The highest BCUT2D eigenvalue weighted by atomic mass is 19.1. The number of ether oxygens (including phenoxy) is 3. The number of imide groups is 2. The zero-order chi connectivity index (χ0) is 23.5. The summed E-state index contributed by atoms with van der Waals surface area (Å²) in [7, 11) is 0. The molecule has 4 rings (SSSR count). The zero-order valence-electron chi connectivity index (χ0n) is 18.0. The van der Waals surface area contributed by atoms with E-state index in [0.29, 0.717) is 51.4 Å². The minimum atomic E-state index is -1.92. The van der Waals surface area contributed by atoms with Crippen LogP contribution in [0.25, 0.3) is 0 Å². The lowest BCUT2D eigenvalue weighted by atomic mass is 9.91. The van der Waals surface area contributed by atoms with Crippen molar-refractivity contribution in [1.82, 2.24) is 10.2 Å². The molecule has 3 aliphatic heterocycles. The first-order valence-electron chi connectivity index (χ1n) is 11.0. The van der Waals surface area contributed by atoms with Crippen molar-refractivity contribution in [3.63, 3.8) is 0 Å². The molecule has 1 aromatic rings.